The van der Waals surface area contributed by atoms with Crippen LogP contribution in [0.15, 0.2) is 60.8 Å². The lowest BCUT2D eigenvalue weighted by Crippen LogP contribution is -2.42. The first-order chi connectivity index (χ1) is 24.6. The van der Waals surface area contributed by atoms with Gasteiger partial charge in [0.1, 0.15) is 29.0 Å². The molecule has 1 saturated carbocycles. The highest BCUT2D eigenvalue weighted by Gasteiger charge is 2.55. The third kappa shape index (κ3) is 8.71. The van der Waals surface area contributed by atoms with Crippen molar-refractivity contribution < 1.29 is 23.4 Å². The second-order valence-corrected chi connectivity index (χ2v) is 16.1. The average Bonchev–Trinajstić information content (AvgIpc) is 3.70. The maximum absolute atomic E-state index is 13.5. The Bertz CT molecular complexity index is 1840. The zero-order valence-corrected chi connectivity index (χ0v) is 32.1. The zero-order valence-electron chi connectivity index (χ0n) is 31.3. The molecule has 2 fully saturated rings. The molecule has 280 valence electrons. The van der Waals surface area contributed by atoms with Crippen molar-refractivity contribution in [1.82, 2.24) is 24.3 Å². The Balaban J connectivity index is 1.21. The molecule has 1 unspecified atom stereocenters. The van der Waals surface area contributed by atoms with Crippen molar-refractivity contribution in [1.29, 1.82) is 0 Å². The molecule has 1 saturated heterocycles. The van der Waals surface area contributed by atoms with Crippen LogP contribution < -0.4 is 5.73 Å². The van der Waals surface area contributed by atoms with Crippen LogP contribution in [0.2, 0.25) is 5.28 Å². The Labute approximate surface area is 311 Å². The van der Waals surface area contributed by atoms with E-state index in [4.69, 9.17) is 36.5 Å². The number of carbonyl (C=O) groups is 1. The minimum absolute atomic E-state index is 0.0785. The largest absolute Gasteiger partial charge is 0.444 e. The van der Waals surface area contributed by atoms with Gasteiger partial charge >= 0.3 is 6.09 Å². The topological polar surface area (TPSA) is 108 Å². The van der Waals surface area contributed by atoms with Crippen molar-refractivity contribution in [3.63, 3.8) is 0 Å². The molecule has 52 heavy (non-hydrogen) atoms. The number of nitrogens with two attached hydrogens (primary N) is 1. The fourth-order valence-corrected chi connectivity index (χ4v) is 7.78. The van der Waals surface area contributed by atoms with Crippen molar-refractivity contribution in [3.05, 3.63) is 77.5 Å². The van der Waals surface area contributed by atoms with Gasteiger partial charge in [-0.05, 0) is 103 Å². The van der Waals surface area contributed by atoms with Gasteiger partial charge in [0.2, 0.25) is 5.28 Å². The van der Waals surface area contributed by atoms with E-state index in [1.54, 1.807) is 17.0 Å². The monoisotopic (exact) mass is 734 g/mol. The van der Waals surface area contributed by atoms with Gasteiger partial charge in [-0.25, -0.2) is 14.2 Å². The molecule has 2 aromatic heterocycles. The van der Waals surface area contributed by atoms with Crippen molar-refractivity contribution in [3.8, 4) is 11.1 Å². The third-order valence-electron chi connectivity index (χ3n) is 9.97. The van der Waals surface area contributed by atoms with Crippen LogP contribution in [0.3, 0.4) is 0 Å². The molecule has 4 atom stereocenters. The number of nitrogens with zero attached hydrogens (tertiary/aromatic N) is 5. The molecule has 10 nitrogen and oxygen atoms in total. The summed E-state index contributed by atoms with van der Waals surface area (Å²) in [7, 11) is 0. The Morgan fingerprint density at radius 1 is 1.06 bits per heavy atom. The fraction of sp³-hybridized carbons (Fsp3) is 0.525. The van der Waals surface area contributed by atoms with Crippen molar-refractivity contribution in [2.75, 3.05) is 31.9 Å². The van der Waals surface area contributed by atoms with E-state index < -0.39 is 11.4 Å². The predicted molar refractivity (Wildman–Crippen MR) is 203 cm³/mol. The van der Waals surface area contributed by atoms with Gasteiger partial charge in [-0.3, -0.25) is 0 Å². The molecular weight excluding hydrogens is 683 g/mol. The summed E-state index contributed by atoms with van der Waals surface area (Å²) in [6.45, 7) is 16.5. The van der Waals surface area contributed by atoms with E-state index >= 15 is 0 Å². The summed E-state index contributed by atoms with van der Waals surface area (Å²) < 4.78 is 34.7. The number of amides is 1. The standard InChI is InChI=1S/C40H52ClFN6O4/c1-25(2)47(20-11-19-46(38(49)52-39(3,4)5)21-18-26-14-16-29(42)17-15-26)23-28-22-31(34-33(28)50-40(6,7)51-34)48-24-30(27-12-9-8-10-13-27)32-35(43)44-37(41)45-36(32)48/h8-10,12-17,24-25,28,31,33-34H,11,18-23H2,1-7H3,(H2,43,44,45)/t28?,31-,33-,34+/m1/s1. The number of fused-ring (bicyclic) bond motifs is 2. The number of ether oxygens (including phenoxy) is 3. The lowest BCUT2D eigenvalue weighted by molar-refractivity contribution is -0.161. The van der Waals surface area contributed by atoms with E-state index in [9.17, 15) is 9.18 Å². The number of rotatable bonds is 12. The molecule has 1 aliphatic heterocycles. The summed E-state index contributed by atoms with van der Waals surface area (Å²) in [4.78, 5) is 26.5. The lowest BCUT2D eigenvalue weighted by Gasteiger charge is -2.33. The Morgan fingerprint density at radius 3 is 2.42 bits per heavy atom. The smallest absolute Gasteiger partial charge is 0.410 e. The summed E-state index contributed by atoms with van der Waals surface area (Å²) in [6.07, 6.45) is 3.58. The number of nitrogen functional groups attached to an aromatic ring is 1. The second kappa shape index (κ2) is 15.3. The first kappa shape index (κ1) is 38.0. The number of carbonyl (C=O) groups excluding carboxylic acids is 1. The van der Waals surface area contributed by atoms with Crippen LogP contribution in [0.5, 0.6) is 0 Å². The molecule has 3 heterocycles. The van der Waals surface area contributed by atoms with E-state index in [-0.39, 0.29) is 47.4 Å². The molecule has 6 rings (SSSR count). The Morgan fingerprint density at radius 2 is 1.75 bits per heavy atom. The Hall–Kier alpha value is -3.77. The minimum atomic E-state index is -0.746. The maximum Gasteiger partial charge on any atom is 0.410 e. The molecule has 4 aromatic rings. The van der Waals surface area contributed by atoms with E-state index in [0.717, 1.165) is 48.0 Å². The molecule has 0 spiro atoms. The number of aromatic nitrogens is 3. The van der Waals surface area contributed by atoms with Crippen LogP contribution in [0.1, 0.15) is 72.9 Å². The minimum Gasteiger partial charge on any atom is -0.444 e. The van der Waals surface area contributed by atoms with Gasteiger partial charge < -0.3 is 34.3 Å². The van der Waals surface area contributed by atoms with Crippen LogP contribution in [-0.2, 0) is 20.6 Å². The van der Waals surface area contributed by atoms with E-state index in [1.165, 1.54) is 12.1 Å². The highest BCUT2D eigenvalue weighted by molar-refractivity contribution is 6.29. The summed E-state index contributed by atoms with van der Waals surface area (Å²) in [5, 5.41) is 0.870. The average molecular weight is 735 g/mol. The fourth-order valence-electron chi connectivity index (χ4n) is 7.61. The van der Waals surface area contributed by atoms with Gasteiger partial charge in [-0.2, -0.15) is 4.98 Å². The molecule has 1 aliphatic carbocycles. The molecule has 2 N–H and O–H groups in total. The van der Waals surface area contributed by atoms with Gasteiger partial charge in [-0.1, -0.05) is 42.5 Å². The number of halogens is 2. The van der Waals surface area contributed by atoms with Crippen molar-refractivity contribution in [2.24, 2.45) is 5.92 Å². The highest BCUT2D eigenvalue weighted by atomic mass is 35.5. The maximum atomic E-state index is 13.5. The first-order valence-electron chi connectivity index (χ1n) is 18.3. The first-order valence-corrected chi connectivity index (χ1v) is 18.7. The van der Waals surface area contributed by atoms with Crippen LogP contribution in [-0.4, -0.2) is 86.2 Å². The van der Waals surface area contributed by atoms with Crippen LogP contribution in [0.4, 0.5) is 15.0 Å². The highest BCUT2D eigenvalue weighted by Crippen LogP contribution is 2.49. The second-order valence-electron chi connectivity index (χ2n) is 15.8. The quantitative estimate of drug-likeness (QED) is 0.146. The van der Waals surface area contributed by atoms with Crippen molar-refractivity contribution in [2.45, 2.75) is 103 Å². The van der Waals surface area contributed by atoms with E-state index in [0.29, 0.717) is 31.0 Å². The summed E-state index contributed by atoms with van der Waals surface area (Å²) >= 11 is 6.40. The summed E-state index contributed by atoms with van der Waals surface area (Å²) in [6, 6.07) is 16.7. The van der Waals surface area contributed by atoms with Crippen LogP contribution >= 0.6 is 11.6 Å². The third-order valence-corrected chi connectivity index (χ3v) is 10.1. The molecule has 12 heteroatoms. The normalized spacial score (nSPS) is 21.3. The molecule has 2 aromatic carbocycles. The van der Waals surface area contributed by atoms with Gasteiger partial charge in [0.15, 0.2) is 5.79 Å². The number of hydrogen-bond donors (Lipinski definition) is 1. The summed E-state index contributed by atoms with van der Waals surface area (Å²) in [5.74, 6) is -0.524. The van der Waals surface area contributed by atoms with Crippen LogP contribution in [0.25, 0.3) is 22.2 Å². The lowest BCUT2D eigenvalue weighted by atomic mass is 10.0. The number of hydrogen-bond acceptors (Lipinski definition) is 8. The molecule has 2 aliphatic rings. The molecule has 1 amide bonds. The zero-order chi connectivity index (χ0) is 37.4. The van der Waals surface area contributed by atoms with Crippen molar-refractivity contribution >= 4 is 34.5 Å². The SMILES string of the molecule is CC(C)N(CCCN(CCc1ccc(F)cc1)C(=O)OC(C)(C)C)CC1C[C@@H](n2cc(-c3ccccc3)c3c(N)nc(Cl)nc32)[C@@H]2OC(C)(C)O[C@H]12. The number of anilines is 1. The van der Waals surface area contributed by atoms with E-state index in [1.807, 2.05) is 52.8 Å². The molecule has 0 bridgehead atoms. The summed E-state index contributed by atoms with van der Waals surface area (Å²) in [5.41, 5.74) is 9.49. The van der Waals surface area contributed by atoms with E-state index in [2.05, 4.69) is 46.6 Å². The van der Waals surface area contributed by atoms with Gasteiger partial charge in [-0.15, -0.1) is 0 Å². The van der Waals surface area contributed by atoms with Crippen LogP contribution in [0, 0.1) is 11.7 Å². The Kier molecular flexibility index (Phi) is 11.2. The van der Waals surface area contributed by atoms with Gasteiger partial charge in [0.05, 0.1) is 17.5 Å². The number of benzene rings is 2. The van der Waals surface area contributed by atoms with Gasteiger partial charge in [0.25, 0.3) is 0 Å². The predicted octanol–water partition coefficient (Wildman–Crippen LogP) is 8.13. The van der Waals surface area contributed by atoms with Gasteiger partial charge in [0, 0.05) is 49.9 Å². The molecular formula is C40H52ClFN6O4. The molecule has 0 radical (unpaired) electrons.